The maximum atomic E-state index is 11.9. The van der Waals surface area contributed by atoms with Crippen molar-refractivity contribution in [3.05, 3.63) is 29.3 Å². The van der Waals surface area contributed by atoms with Crippen LogP contribution < -0.4 is 16.4 Å². The van der Waals surface area contributed by atoms with E-state index in [2.05, 4.69) is 0 Å². The molecule has 18 heavy (non-hydrogen) atoms. The SMILES string of the molecule is NC(=O)c1ccc2c(c1)N(C(=O)[C@@H](N)CO)CC2. The van der Waals surface area contributed by atoms with E-state index in [-0.39, 0.29) is 5.91 Å². The van der Waals surface area contributed by atoms with Crippen LogP contribution in [0, 0.1) is 0 Å². The highest BCUT2D eigenvalue weighted by atomic mass is 16.3. The van der Waals surface area contributed by atoms with E-state index in [1.807, 2.05) is 0 Å². The molecule has 2 rings (SSSR count). The van der Waals surface area contributed by atoms with E-state index in [0.717, 1.165) is 5.56 Å². The second-order valence-corrected chi connectivity index (χ2v) is 4.24. The fourth-order valence-electron chi connectivity index (χ4n) is 2.04. The van der Waals surface area contributed by atoms with E-state index in [4.69, 9.17) is 16.6 Å². The fourth-order valence-corrected chi connectivity index (χ4v) is 2.04. The van der Waals surface area contributed by atoms with Crippen molar-refractivity contribution in [2.45, 2.75) is 12.5 Å². The first-order chi connectivity index (χ1) is 8.54. The van der Waals surface area contributed by atoms with Gasteiger partial charge in [-0.1, -0.05) is 6.07 Å². The number of nitrogens with zero attached hydrogens (tertiary/aromatic N) is 1. The van der Waals surface area contributed by atoms with E-state index >= 15 is 0 Å². The lowest BCUT2D eigenvalue weighted by Crippen LogP contribution is -2.45. The highest BCUT2D eigenvalue weighted by Crippen LogP contribution is 2.29. The molecule has 0 fully saturated rings. The average molecular weight is 249 g/mol. The summed E-state index contributed by atoms with van der Waals surface area (Å²) in [5.74, 6) is -0.888. The molecule has 1 aromatic carbocycles. The summed E-state index contributed by atoms with van der Waals surface area (Å²) in [6.45, 7) is 0.101. The third-order valence-electron chi connectivity index (χ3n) is 3.05. The maximum Gasteiger partial charge on any atom is 0.248 e. The van der Waals surface area contributed by atoms with Gasteiger partial charge in [-0.2, -0.15) is 0 Å². The molecule has 1 heterocycles. The third kappa shape index (κ3) is 2.07. The number of carbonyl (C=O) groups is 2. The molecule has 1 atom stereocenters. The number of carbonyl (C=O) groups excluding carboxylic acids is 2. The van der Waals surface area contributed by atoms with Crippen molar-refractivity contribution < 1.29 is 14.7 Å². The second-order valence-electron chi connectivity index (χ2n) is 4.24. The summed E-state index contributed by atoms with van der Waals surface area (Å²) in [6.07, 6.45) is 0.707. The van der Waals surface area contributed by atoms with Crippen LogP contribution in [0.25, 0.3) is 0 Å². The average Bonchev–Trinajstić information content (AvgIpc) is 2.79. The Morgan fingerprint density at radius 3 is 2.78 bits per heavy atom. The van der Waals surface area contributed by atoms with Gasteiger partial charge in [-0.25, -0.2) is 0 Å². The molecule has 1 aromatic rings. The van der Waals surface area contributed by atoms with Crippen LogP contribution >= 0.6 is 0 Å². The third-order valence-corrected chi connectivity index (χ3v) is 3.05. The van der Waals surface area contributed by atoms with Crippen LogP contribution in [0.1, 0.15) is 15.9 Å². The zero-order valence-corrected chi connectivity index (χ0v) is 9.80. The molecule has 0 saturated carbocycles. The Labute approximate surface area is 104 Å². The highest BCUT2D eigenvalue weighted by Gasteiger charge is 2.28. The van der Waals surface area contributed by atoms with E-state index < -0.39 is 18.6 Å². The Balaban J connectivity index is 2.34. The van der Waals surface area contributed by atoms with Crippen molar-refractivity contribution in [1.29, 1.82) is 0 Å². The van der Waals surface area contributed by atoms with Gasteiger partial charge in [-0.15, -0.1) is 0 Å². The molecular weight excluding hydrogens is 234 g/mol. The number of nitrogens with two attached hydrogens (primary N) is 2. The number of hydrogen-bond acceptors (Lipinski definition) is 4. The second kappa shape index (κ2) is 4.75. The van der Waals surface area contributed by atoms with Gasteiger partial charge in [0.15, 0.2) is 0 Å². The van der Waals surface area contributed by atoms with Gasteiger partial charge < -0.3 is 21.5 Å². The molecule has 0 spiro atoms. The van der Waals surface area contributed by atoms with Gasteiger partial charge in [0.1, 0.15) is 6.04 Å². The number of primary amides is 1. The minimum absolute atomic E-state index is 0.349. The Kier molecular flexibility index (Phi) is 3.31. The fraction of sp³-hybridized carbons (Fsp3) is 0.333. The standard InChI is InChI=1S/C12H15N3O3/c13-9(6-16)12(18)15-4-3-7-1-2-8(11(14)17)5-10(7)15/h1-2,5,9,16H,3-4,6,13H2,(H2,14,17)/t9-/m0/s1. The van der Waals surface area contributed by atoms with Gasteiger partial charge in [0.05, 0.1) is 6.61 Å². The Morgan fingerprint density at radius 2 is 2.17 bits per heavy atom. The number of aliphatic hydroxyl groups is 1. The Hall–Kier alpha value is -1.92. The van der Waals surface area contributed by atoms with Gasteiger partial charge in [-0.05, 0) is 24.1 Å². The molecule has 6 heteroatoms. The monoisotopic (exact) mass is 249 g/mol. The molecule has 0 bridgehead atoms. The van der Waals surface area contributed by atoms with Crippen LogP contribution in [0.4, 0.5) is 5.69 Å². The van der Waals surface area contributed by atoms with Gasteiger partial charge in [0.25, 0.3) is 0 Å². The topological polar surface area (TPSA) is 110 Å². The van der Waals surface area contributed by atoms with E-state index in [0.29, 0.717) is 24.2 Å². The summed E-state index contributed by atoms with van der Waals surface area (Å²) >= 11 is 0. The number of hydrogen-bond donors (Lipinski definition) is 3. The van der Waals surface area contributed by atoms with Crippen molar-refractivity contribution >= 4 is 17.5 Å². The van der Waals surface area contributed by atoms with Crippen LogP contribution in [0.5, 0.6) is 0 Å². The Morgan fingerprint density at radius 1 is 1.44 bits per heavy atom. The zero-order chi connectivity index (χ0) is 13.3. The maximum absolute atomic E-state index is 11.9. The molecule has 0 radical (unpaired) electrons. The predicted octanol–water partition coefficient (Wildman–Crippen LogP) is -1.01. The van der Waals surface area contributed by atoms with Crippen LogP contribution in [-0.2, 0) is 11.2 Å². The number of anilines is 1. The van der Waals surface area contributed by atoms with Crippen LogP contribution in [-0.4, -0.2) is 36.1 Å². The quantitative estimate of drug-likeness (QED) is 0.637. The molecule has 1 aliphatic rings. The van der Waals surface area contributed by atoms with Gasteiger partial charge >= 0.3 is 0 Å². The van der Waals surface area contributed by atoms with Crippen molar-refractivity contribution in [2.75, 3.05) is 18.1 Å². The van der Waals surface area contributed by atoms with E-state index in [1.165, 1.54) is 4.90 Å². The molecule has 2 amide bonds. The summed E-state index contributed by atoms with van der Waals surface area (Å²) in [5, 5.41) is 8.91. The number of aliphatic hydroxyl groups excluding tert-OH is 1. The van der Waals surface area contributed by atoms with Gasteiger partial charge in [-0.3, -0.25) is 9.59 Å². The van der Waals surface area contributed by atoms with Crippen molar-refractivity contribution in [2.24, 2.45) is 11.5 Å². The molecule has 0 saturated heterocycles. The molecule has 0 unspecified atom stereocenters. The lowest BCUT2D eigenvalue weighted by Gasteiger charge is -2.20. The lowest BCUT2D eigenvalue weighted by molar-refractivity contribution is -0.120. The first-order valence-electron chi connectivity index (χ1n) is 5.65. The molecule has 96 valence electrons. The summed E-state index contributed by atoms with van der Waals surface area (Å²) in [7, 11) is 0. The van der Waals surface area contributed by atoms with Crippen LogP contribution in [0.2, 0.25) is 0 Å². The van der Waals surface area contributed by atoms with Crippen LogP contribution in [0.15, 0.2) is 18.2 Å². The summed E-state index contributed by atoms with van der Waals surface area (Å²) in [6, 6.07) is 4.08. The number of rotatable bonds is 3. The van der Waals surface area contributed by atoms with Crippen LogP contribution in [0.3, 0.4) is 0 Å². The van der Waals surface area contributed by atoms with Gasteiger partial charge in [0, 0.05) is 17.8 Å². The van der Waals surface area contributed by atoms with E-state index in [9.17, 15) is 9.59 Å². The molecule has 5 N–H and O–H groups in total. The Bertz CT molecular complexity index is 501. The normalized spacial score (nSPS) is 15.3. The molecule has 0 aromatic heterocycles. The number of fused-ring (bicyclic) bond motifs is 1. The molecule has 1 aliphatic heterocycles. The molecule has 0 aliphatic carbocycles. The summed E-state index contributed by atoms with van der Waals surface area (Å²) in [5.41, 5.74) is 12.7. The zero-order valence-electron chi connectivity index (χ0n) is 9.80. The summed E-state index contributed by atoms with van der Waals surface area (Å²) < 4.78 is 0. The van der Waals surface area contributed by atoms with E-state index in [1.54, 1.807) is 18.2 Å². The van der Waals surface area contributed by atoms with Crippen molar-refractivity contribution in [1.82, 2.24) is 0 Å². The lowest BCUT2D eigenvalue weighted by atomic mass is 10.1. The summed E-state index contributed by atoms with van der Waals surface area (Å²) in [4.78, 5) is 24.6. The van der Waals surface area contributed by atoms with Crippen molar-refractivity contribution in [3.63, 3.8) is 0 Å². The molecular formula is C12H15N3O3. The first-order valence-corrected chi connectivity index (χ1v) is 5.65. The minimum atomic E-state index is -0.937. The smallest absolute Gasteiger partial charge is 0.248 e. The number of benzene rings is 1. The minimum Gasteiger partial charge on any atom is -0.394 e. The van der Waals surface area contributed by atoms with Gasteiger partial charge in [0.2, 0.25) is 11.8 Å². The largest absolute Gasteiger partial charge is 0.394 e. The first kappa shape index (κ1) is 12.5. The highest BCUT2D eigenvalue weighted by molar-refractivity contribution is 6.01. The molecule has 6 nitrogen and oxygen atoms in total. The number of amides is 2. The predicted molar refractivity (Wildman–Crippen MR) is 66.1 cm³/mol. The van der Waals surface area contributed by atoms with Crippen molar-refractivity contribution in [3.8, 4) is 0 Å².